The fourth-order valence-electron chi connectivity index (χ4n) is 3.02. The fraction of sp³-hybridized carbons (Fsp3) is 0.667. The second kappa shape index (κ2) is 8.28. The average molecular weight is 290 g/mol. The highest BCUT2D eigenvalue weighted by atomic mass is 16.5. The predicted octanol–water partition coefficient (Wildman–Crippen LogP) is 4.01. The van der Waals surface area contributed by atoms with Crippen LogP contribution in [0.25, 0.3) is 0 Å². The van der Waals surface area contributed by atoms with E-state index in [0.29, 0.717) is 6.04 Å². The smallest absolute Gasteiger partial charge is 0.119 e. The number of hydrogen-bond donors (Lipinski definition) is 1. The van der Waals surface area contributed by atoms with Crippen LogP contribution in [0, 0.1) is 5.92 Å². The average Bonchev–Trinajstić information content (AvgIpc) is 2.54. The van der Waals surface area contributed by atoms with Crippen molar-refractivity contribution in [2.75, 3.05) is 31.6 Å². The molecule has 21 heavy (non-hydrogen) atoms. The van der Waals surface area contributed by atoms with Crippen molar-refractivity contribution in [3.8, 4) is 5.75 Å². The summed E-state index contributed by atoms with van der Waals surface area (Å²) in [6.45, 7) is 11.2. The largest absolute Gasteiger partial charge is 0.494 e. The minimum Gasteiger partial charge on any atom is -0.494 e. The third kappa shape index (κ3) is 4.92. The van der Waals surface area contributed by atoms with Gasteiger partial charge < -0.3 is 15.0 Å². The van der Waals surface area contributed by atoms with Gasteiger partial charge in [0.25, 0.3) is 0 Å². The molecular formula is C18H30N2O. The van der Waals surface area contributed by atoms with Gasteiger partial charge in [-0.25, -0.2) is 0 Å². The first-order valence-electron chi connectivity index (χ1n) is 8.44. The van der Waals surface area contributed by atoms with E-state index in [1.165, 1.54) is 38.2 Å². The number of benzene rings is 1. The Labute approximate surface area is 129 Å². The molecule has 1 aliphatic rings. The monoisotopic (exact) mass is 290 g/mol. The van der Waals surface area contributed by atoms with E-state index in [1.54, 1.807) is 0 Å². The second-order valence-corrected chi connectivity index (χ2v) is 6.08. The molecule has 1 fully saturated rings. The molecule has 3 heteroatoms. The zero-order valence-electron chi connectivity index (χ0n) is 13.8. The summed E-state index contributed by atoms with van der Waals surface area (Å²) in [6.07, 6.45) is 3.66. The molecular weight excluding hydrogens is 260 g/mol. The first-order chi connectivity index (χ1) is 10.2. The van der Waals surface area contributed by atoms with Crippen LogP contribution in [0.4, 0.5) is 5.69 Å². The zero-order chi connectivity index (χ0) is 15.1. The molecule has 2 rings (SSSR count). The summed E-state index contributed by atoms with van der Waals surface area (Å²) in [4.78, 5) is 2.54. The number of ether oxygens (including phenoxy) is 1. The third-order valence-corrected chi connectivity index (χ3v) is 4.51. The molecule has 1 aromatic rings. The molecule has 1 atom stereocenters. The van der Waals surface area contributed by atoms with E-state index < -0.39 is 0 Å². The van der Waals surface area contributed by atoms with Gasteiger partial charge in [0.05, 0.1) is 6.61 Å². The van der Waals surface area contributed by atoms with Crippen molar-refractivity contribution in [3.63, 3.8) is 0 Å². The van der Waals surface area contributed by atoms with Crippen LogP contribution in [0.1, 0.15) is 40.0 Å². The Morgan fingerprint density at radius 2 is 1.86 bits per heavy atom. The number of hydrogen-bond acceptors (Lipinski definition) is 3. The Hall–Kier alpha value is -1.22. The van der Waals surface area contributed by atoms with Crippen LogP contribution in [-0.4, -0.2) is 37.2 Å². The number of piperidine rings is 1. The van der Waals surface area contributed by atoms with Crippen molar-refractivity contribution >= 4 is 5.69 Å². The summed E-state index contributed by atoms with van der Waals surface area (Å²) >= 11 is 0. The molecule has 118 valence electrons. The van der Waals surface area contributed by atoms with Gasteiger partial charge in [-0.2, -0.15) is 0 Å². The minimum atomic E-state index is 0.534. The molecule has 1 aromatic carbocycles. The van der Waals surface area contributed by atoms with Gasteiger partial charge in [-0.15, -0.1) is 0 Å². The minimum absolute atomic E-state index is 0.534. The molecule has 1 N–H and O–H groups in total. The maximum atomic E-state index is 5.62. The molecule has 1 aliphatic heterocycles. The summed E-state index contributed by atoms with van der Waals surface area (Å²) in [5.74, 6) is 1.75. The Kier molecular flexibility index (Phi) is 6.37. The van der Waals surface area contributed by atoms with E-state index in [9.17, 15) is 0 Å². The Morgan fingerprint density at radius 1 is 1.19 bits per heavy atom. The zero-order valence-corrected chi connectivity index (χ0v) is 13.8. The van der Waals surface area contributed by atoms with E-state index in [2.05, 4.69) is 55.3 Å². The summed E-state index contributed by atoms with van der Waals surface area (Å²) in [6, 6.07) is 8.91. The molecule has 0 aromatic heterocycles. The normalized spacial score (nSPS) is 18.4. The standard InChI is InChI=1S/C18H30N2O/c1-4-14-21-18-8-6-17(7-9-18)19-15(3)16-10-12-20(5-2)13-11-16/h6-9,15-16,19H,4-5,10-14H2,1-3H3. The van der Waals surface area contributed by atoms with Crippen LogP contribution in [0.15, 0.2) is 24.3 Å². The lowest BCUT2D eigenvalue weighted by molar-refractivity contribution is 0.183. The molecule has 0 radical (unpaired) electrons. The summed E-state index contributed by atoms with van der Waals surface area (Å²) in [7, 11) is 0. The summed E-state index contributed by atoms with van der Waals surface area (Å²) in [5, 5.41) is 3.65. The van der Waals surface area contributed by atoms with Gasteiger partial charge in [0.15, 0.2) is 0 Å². The van der Waals surface area contributed by atoms with Gasteiger partial charge in [0.2, 0.25) is 0 Å². The van der Waals surface area contributed by atoms with Crippen LogP contribution in [0.2, 0.25) is 0 Å². The highest BCUT2D eigenvalue weighted by Crippen LogP contribution is 2.24. The lowest BCUT2D eigenvalue weighted by Crippen LogP contribution is -2.39. The van der Waals surface area contributed by atoms with E-state index in [1.807, 2.05) is 0 Å². The lowest BCUT2D eigenvalue weighted by atomic mass is 9.90. The number of rotatable bonds is 7. The van der Waals surface area contributed by atoms with Gasteiger partial charge in [-0.3, -0.25) is 0 Å². The lowest BCUT2D eigenvalue weighted by Gasteiger charge is -2.34. The van der Waals surface area contributed by atoms with Crippen molar-refractivity contribution in [3.05, 3.63) is 24.3 Å². The number of nitrogens with one attached hydrogen (secondary N) is 1. The molecule has 3 nitrogen and oxygen atoms in total. The molecule has 0 bridgehead atoms. The maximum Gasteiger partial charge on any atom is 0.119 e. The van der Waals surface area contributed by atoms with E-state index >= 15 is 0 Å². The number of nitrogens with zero attached hydrogens (tertiary/aromatic N) is 1. The SMILES string of the molecule is CCCOc1ccc(NC(C)C2CCN(CC)CC2)cc1. The third-order valence-electron chi connectivity index (χ3n) is 4.51. The van der Waals surface area contributed by atoms with Crippen LogP contribution in [0.5, 0.6) is 5.75 Å². The van der Waals surface area contributed by atoms with Crippen molar-refractivity contribution in [2.45, 2.75) is 46.1 Å². The quantitative estimate of drug-likeness (QED) is 0.821. The fourth-order valence-corrected chi connectivity index (χ4v) is 3.02. The van der Waals surface area contributed by atoms with E-state index in [-0.39, 0.29) is 0 Å². The van der Waals surface area contributed by atoms with Gasteiger partial charge in [0.1, 0.15) is 5.75 Å². The Morgan fingerprint density at radius 3 is 2.43 bits per heavy atom. The Balaban J connectivity index is 1.81. The Bertz CT molecular complexity index is 396. The van der Waals surface area contributed by atoms with Crippen molar-refractivity contribution in [2.24, 2.45) is 5.92 Å². The summed E-state index contributed by atoms with van der Waals surface area (Å²) in [5.41, 5.74) is 1.20. The number of likely N-dealkylation sites (tertiary alicyclic amines) is 1. The predicted molar refractivity (Wildman–Crippen MR) is 90.2 cm³/mol. The highest BCUT2D eigenvalue weighted by molar-refractivity contribution is 5.47. The molecule has 0 spiro atoms. The van der Waals surface area contributed by atoms with Crippen molar-refractivity contribution in [1.82, 2.24) is 4.90 Å². The first kappa shape index (κ1) is 16.2. The molecule has 0 aliphatic carbocycles. The molecule has 1 unspecified atom stereocenters. The van der Waals surface area contributed by atoms with Crippen LogP contribution in [0.3, 0.4) is 0 Å². The first-order valence-corrected chi connectivity index (χ1v) is 8.44. The van der Waals surface area contributed by atoms with Gasteiger partial charge in [-0.05, 0) is 76.0 Å². The molecule has 0 amide bonds. The van der Waals surface area contributed by atoms with Crippen LogP contribution >= 0.6 is 0 Å². The second-order valence-electron chi connectivity index (χ2n) is 6.08. The molecule has 0 saturated carbocycles. The van der Waals surface area contributed by atoms with Gasteiger partial charge in [0, 0.05) is 11.7 Å². The van der Waals surface area contributed by atoms with E-state index in [4.69, 9.17) is 4.74 Å². The van der Waals surface area contributed by atoms with Crippen molar-refractivity contribution in [1.29, 1.82) is 0 Å². The van der Waals surface area contributed by atoms with Crippen LogP contribution in [-0.2, 0) is 0 Å². The van der Waals surface area contributed by atoms with Crippen molar-refractivity contribution < 1.29 is 4.74 Å². The number of anilines is 1. The highest BCUT2D eigenvalue weighted by Gasteiger charge is 2.22. The molecule has 1 heterocycles. The van der Waals surface area contributed by atoms with Gasteiger partial charge >= 0.3 is 0 Å². The van der Waals surface area contributed by atoms with Gasteiger partial charge in [-0.1, -0.05) is 13.8 Å². The topological polar surface area (TPSA) is 24.5 Å². The summed E-state index contributed by atoms with van der Waals surface area (Å²) < 4.78 is 5.62. The maximum absolute atomic E-state index is 5.62. The van der Waals surface area contributed by atoms with E-state index in [0.717, 1.165) is 24.7 Å². The molecule has 1 saturated heterocycles. The van der Waals surface area contributed by atoms with Crippen LogP contribution < -0.4 is 10.1 Å².